The molecule has 0 amide bonds. The molecule has 1 fully saturated rings. The Morgan fingerprint density at radius 1 is 1.09 bits per heavy atom. The van der Waals surface area contributed by atoms with Gasteiger partial charge in [0.05, 0.1) is 4.92 Å². The summed E-state index contributed by atoms with van der Waals surface area (Å²) in [5, 5.41) is 11.3. The molecule has 0 aliphatic carbocycles. The molecule has 4 nitrogen and oxygen atoms in total. The Hall–Kier alpha value is -2.95. The summed E-state index contributed by atoms with van der Waals surface area (Å²) in [5.41, 5.74) is 3.54. The predicted octanol–water partition coefficient (Wildman–Crippen LogP) is 8.15. The predicted molar refractivity (Wildman–Crippen MR) is 139 cm³/mol. The van der Waals surface area contributed by atoms with Crippen LogP contribution in [0, 0.1) is 22.9 Å². The molecule has 1 aliphatic heterocycles. The van der Waals surface area contributed by atoms with E-state index in [4.69, 9.17) is 0 Å². The van der Waals surface area contributed by atoms with Crippen molar-refractivity contribution < 1.29 is 9.31 Å². The molecule has 0 radical (unpaired) electrons. The minimum Gasteiger partial charge on any atom is -0.371 e. The van der Waals surface area contributed by atoms with E-state index in [-0.39, 0.29) is 22.3 Å². The third kappa shape index (κ3) is 8.16. The summed E-state index contributed by atoms with van der Waals surface area (Å²) >= 11 is 0. The van der Waals surface area contributed by atoms with Crippen molar-refractivity contribution in [1.29, 1.82) is 0 Å². The highest BCUT2D eigenvalue weighted by molar-refractivity contribution is 5.60. The van der Waals surface area contributed by atoms with Crippen molar-refractivity contribution >= 4 is 11.4 Å². The normalized spacial score (nSPS) is 14.0. The van der Waals surface area contributed by atoms with Crippen LogP contribution >= 0.6 is 0 Å². The summed E-state index contributed by atoms with van der Waals surface area (Å²) in [5.74, 6) is 0.114. The van der Waals surface area contributed by atoms with Gasteiger partial charge < -0.3 is 4.90 Å². The lowest BCUT2D eigenvalue weighted by atomic mass is 9.88. The molecule has 0 N–H and O–H groups in total. The van der Waals surface area contributed by atoms with Gasteiger partial charge in [0.25, 0.3) is 5.69 Å². The van der Waals surface area contributed by atoms with Gasteiger partial charge in [0.15, 0.2) is 0 Å². The van der Waals surface area contributed by atoms with Crippen LogP contribution in [-0.4, -0.2) is 18.0 Å². The fourth-order valence-corrected chi connectivity index (χ4v) is 4.02. The molecular formula is C28H39FN2O2. The highest BCUT2D eigenvalue weighted by Gasteiger charge is 2.25. The molecule has 0 unspecified atom stereocenters. The van der Waals surface area contributed by atoms with E-state index >= 15 is 0 Å². The quantitative estimate of drug-likeness (QED) is 0.260. The van der Waals surface area contributed by atoms with E-state index in [1.165, 1.54) is 6.07 Å². The third-order valence-corrected chi connectivity index (χ3v) is 5.63. The van der Waals surface area contributed by atoms with Crippen LogP contribution in [0.25, 0.3) is 0 Å². The molecule has 3 rings (SSSR count). The number of rotatable bonds is 5. The molecule has 180 valence electrons. The van der Waals surface area contributed by atoms with Gasteiger partial charge in [-0.15, -0.1) is 0 Å². The highest BCUT2D eigenvalue weighted by atomic mass is 19.1. The van der Waals surface area contributed by atoms with E-state index in [0.717, 1.165) is 42.7 Å². The third-order valence-electron chi connectivity index (χ3n) is 5.63. The average molecular weight is 455 g/mol. The van der Waals surface area contributed by atoms with Crippen molar-refractivity contribution in [3.8, 4) is 0 Å². The van der Waals surface area contributed by atoms with Gasteiger partial charge in [-0.25, -0.2) is 4.39 Å². The van der Waals surface area contributed by atoms with Gasteiger partial charge in [0, 0.05) is 29.9 Å². The van der Waals surface area contributed by atoms with Crippen LogP contribution in [-0.2, 0) is 6.42 Å². The van der Waals surface area contributed by atoms with Gasteiger partial charge in [-0.1, -0.05) is 63.3 Å². The number of benzene rings is 2. The summed E-state index contributed by atoms with van der Waals surface area (Å²) in [7, 11) is 0. The van der Waals surface area contributed by atoms with Gasteiger partial charge in [0.2, 0.25) is 0 Å². The number of anilines is 1. The number of nitro benzene ring substituents is 1. The summed E-state index contributed by atoms with van der Waals surface area (Å²) in [6.07, 6.45) is 10.4. The van der Waals surface area contributed by atoms with Crippen molar-refractivity contribution in [2.24, 2.45) is 0 Å². The van der Waals surface area contributed by atoms with Crippen LogP contribution in [0.5, 0.6) is 0 Å². The molecular weight excluding hydrogens is 415 g/mol. The molecule has 0 spiro atoms. The van der Waals surface area contributed by atoms with Crippen LogP contribution < -0.4 is 4.90 Å². The molecule has 1 aliphatic rings. The first-order valence-corrected chi connectivity index (χ1v) is 11.9. The largest absolute Gasteiger partial charge is 0.371 e. The van der Waals surface area contributed by atoms with Crippen LogP contribution in [0.15, 0.2) is 60.7 Å². The maximum Gasteiger partial charge on any atom is 0.275 e. The SMILES string of the molecule is C/C=C\C=C/C.CC.CCc1cc(N2CCC(c3ccccc3F)CC2)cc(C)c1[N+](=O)[O-]. The molecule has 5 heteroatoms. The Morgan fingerprint density at radius 2 is 1.67 bits per heavy atom. The summed E-state index contributed by atoms with van der Waals surface area (Å²) in [4.78, 5) is 13.2. The average Bonchev–Trinajstić information content (AvgIpc) is 2.84. The van der Waals surface area contributed by atoms with Crippen molar-refractivity contribution in [3.05, 3.63) is 93.3 Å². The van der Waals surface area contributed by atoms with Crippen molar-refractivity contribution in [2.75, 3.05) is 18.0 Å². The molecule has 0 aromatic heterocycles. The number of nitro groups is 1. The highest BCUT2D eigenvalue weighted by Crippen LogP contribution is 2.35. The van der Waals surface area contributed by atoms with Gasteiger partial charge in [0.1, 0.15) is 5.82 Å². The van der Waals surface area contributed by atoms with Gasteiger partial charge in [-0.05, 0) is 69.7 Å². The number of piperidine rings is 1. The second-order valence-corrected chi connectivity index (χ2v) is 7.72. The smallest absolute Gasteiger partial charge is 0.275 e. The van der Waals surface area contributed by atoms with Gasteiger partial charge in [-0.3, -0.25) is 10.1 Å². The zero-order valence-electron chi connectivity index (χ0n) is 21.0. The Morgan fingerprint density at radius 3 is 2.15 bits per heavy atom. The lowest BCUT2D eigenvalue weighted by molar-refractivity contribution is -0.386. The van der Waals surface area contributed by atoms with Crippen LogP contribution in [0.4, 0.5) is 15.8 Å². The topological polar surface area (TPSA) is 46.4 Å². The zero-order valence-corrected chi connectivity index (χ0v) is 21.0. The number of halogens is 1. The number of allylic oxidation sites excluding steroid dienone is 4. The first-order valence-electron chi connectivity index (χ1n) is 11.9. The Labute approximate surface area is 199 Å². The fourth-order valence-electron chi connectivity index (χ4n) is 4.02. The molecule has 1 saturated heterocycles. The summed E-state index contributed by atoms with van der Waals surface area (Å²) in [6.45, 7) is 13.4. The standard InChI is InChI=1S/C20H23FN2O2.C6H10.C2H6/c1-3-15-13-17(12-14(2)20(15)23(24)25)22-10-8-16(9-11-22)18-6-4-5-7-19(18)21;1-3-5-6-4-2;1-2/h4-7,12-13,16H,3,8-11H2,1-2H3;3-6H,1-2H3;1-2H3/b;5-3-,6-4-;. The monoisotopic (exact) mass is 454 g/mol. The Balaban J connectivity index is 0.000000593. The lowest BCUT2D eigenvalue weighted by Gasteiger charge is -2.34. The first kappa shape index (κ1) is 28.1. The van der Waals surface area contributed by atoms with Crippen molar-refractivity contribution in [2.45, 2.75) is 66.7 Å². The van der Waals surface area contributed by atoms with Crippen molar-refractivity contribution in [1.82, 2.24) is 0 Å². The lowest BCUT2D eigenvalue weighted by Crippen LogP contribution is -2.33. The molecule has 1 heterocycles. The maximum absolute atomic E-state index is 14.0. The van der Waals surface area contributed by atoms with Gasteiger partial charge in [-0.2, -0.15) is 0 Å². The van der Waals surface area contributed by atoms with Crippen LogP contribution in [0.1, 0.15) is 70.1 Å². The number of hydrogen-bond donors (Lipinski definition) is 0. The van der Waals surface area contributed by atoms with Crippen LogP contribution in [0.3, 0.4) is 0 Å². The molecule has 33 heavy (non-hydrogen) atoms. The van der Waals surface area contributed by atoms with Crippen molar-refractivity contribution in [3.63, 3.8) is 0 Å². The van der Waals surface area contributed by atoms with E-state index in [1.807, 2.05) is 83.2 Å². The van der Waals surface area contributed by atoms with E-state index in [2.05, 4.69) is 4.90 Å². The van der Waals surface area contributed by atoms with Crippen LogP contribution in [0.2, 0.25) is 0 Å². The fraction of sp³-hybridized carbons (Fsp3) is 0.429. The summed E-state index contributed by atoms with van der Waals surface area (Å²) in [6, 6.07) is 10.9. The molecule has 0 atom stereocenters. The summed E-state index contributed by atoms with van der Waals surface area (Å²) < 4.78 is 14.0. The second-order valence-electron chi connectivity index (χ2n) is 7.72. The zero-order chi connectivity index (χ0) is 24.8. The Bertz CT molecular complexity index is 919. The number of aryl methyl sites for hydroxylation is 2. The van der Waals surface area contributed by atoms with E-state index in [0.29, 0.717) is 12.0 Å². The minimum atomic E-state index is -0.289. The molecule has 2 aromatic rings. The minimum absolute atomic E-state index is 0.125. The van der Waals surface area contributed by atoms with E-state index in [9.17, 15) is 14.5 Å². The van der Waals surface area contributed by atoms with E-state index in [1.54, 1.807) is 13.0 Å². The second kappa shape index (κ2) is 15.0. The number of hydrogen-bond acceptors (Lipinski definition) is 3. The molecule has 0 bridgehead atoms. The molecule has 2 aromatic carbocycles. The van der Waals surface area contributed by atoms with E-state index < -0.39 is 0 Å². The van der Waals surface area contributed by atoms with Gasteiger partial charge >= 0.3 is 0 Å². The first-order chi connectivity index (χ1) is 15.9. The number of nitrogens with zero attached hydrogens (tertiary/aromatic N) is 2. The Kier molecular flexibility index (Phi) is 12.8. The molecule has 0 saturated carbocycles. The maximum atomic E-state index is 14.0.